The van der Waals surface area contributed by atoms with Crippen molar-refractivity contribution in [3.8, 4) is 11.6 Å². The number of nitrogens with two attached hydrogens (primary N) is 1. The largest absolute Gasteiger partial charge is 0.436 e. The van der Waals surface area contributed by atoms with Gasteiger partial charge in [-0.05, 0) is 42.8 Å². The maximum absolute atomic E-state index is 11.7. The summed E-state index contributed by atoms with van der Waals surface area (Å²) in [5.41, 5.74) is 8.70. The minimum Gasteiger partial charge on any atom is -0.436 e. The number of hydrogen-bond acceptors (Lipinski definition) is 5. The van der Waals surface area contributed by atoms with Crippen molar-refractivity contribution >= 4 is 28.2 Å². The van der Waals surface area contributed by atoms with Gasteiger partial charge in [0.1, 0.15) is 5.75 Å². The molecule has 0 spiro atoms. The number of rotatable bonds is 4. The van der Waals surface area contributed by atoms with E-state index in [9.17, 15) is 4.79 Å². The van der Waals surface area contributed by atoms with Gasteiger partial charge in [-0.25, -0.2) is 4.98 Å². The number of hydrogen-bond donors (Lipinski definition) is 2. The molecule has 0 unspecified atom stereocenters. The van der Waals surface area contributed by atoms with Crippen molar-refractivity contribution < 1.29 is 9.53 Å². The van der Waals surface area contributed by atoms with Crippen molar-refractivity contribution in [2.75, 3.05) is 11.1 Å². The molecule has 0 saturated carbocycles. The number of aromatic nitrogens is 2. The predicted octanol–water partition coefficient (Wildman–Crippen LogP) is 3.66. The maximum Gasteiger partial charge on any atom is 0.242 e. The number of nitrogens with one attached hydrogen (secondary N) is 1. The number of pyridine rings is 2. The van der Waals surface area contributed by atoms with Crippen molar-refractivity contribution in [2.24, 2.45) is 0 Å². The van der Waals surface area contributed by atoms with E-state index in [0.29, 0.717) is 34.9 Å². The van der Waals surface area contributed by atoms with Crippen molar-refractivity contribution in [1.29, 1.82) is 0 Å². The number of anilines is 2. The molecule has 0 bridgehead atoms. The van der Waals surface area contributed by atoms with Crippen LogP contribution in [0.5, 0.6) is 11.6 Å². The van der Waals surface area contributed by atoms with Gasteiger partial charge < -0.3 is 15.8 Å². The molecule has 0 saturated heterocycles. The van der Waals surface area contributed by atoms with Gasteiger partial charge in [-0.3, -0.25) is 9.78 Å². The van der Waals surface area contributed by atoms with Gasteiger partial charge in [-0.2, -0.15) is 0 Å². The second kappa shape index (κ2) is 6.54. The second-order valence-corrected chi connectivity index (χ2v) is 5.42. The first-order valence-electron chi connectivity index (χ1n) is 7.66. The van der Waals surface area contributed by atoms with Gasteiger partial charge >= 0.3 is 0 Å². The molecular weight excluding hydrogens is 304 g/mol. The molecule has 1 amide bonds. The number of fused-ring (bicyclic) bond motifs is 1. The summed E-state index contributed by atoms with van der Waals surface area (Å²) in [4.78, 5) is 20.3. The number of nitrogen functional groups attached to an aromatic ring is 1. The lowest BCUT2D eigenvalue weighted by Crippen LogP contribution is -2.10. The standard InChI is InChI=1S/C18H18N4O2/c1-3-16(23)22-14-6-7-15(12-5-4-8-20-17(12)14)24-18-13(19)9-11(2)10-21-18/h4-10H,3,19H2,1-2H3,(H,22,23). The van der Waals surface area contributed by atoms with E-state index in [-0.39, 0.29) is 5.91 Å². The molecule has 3 aromatic rings. The molecule has 2 aromatic heterocycles. The molecule has 3 N–H and O–H groups in total. The Kier molecular flexibility index (Phi) is 4.29. The van der Waals surface area contributed by atoms with Gasteiger partial charge in [0.2, 0.25) is 11.8 Å². The van der Waals surface area contributed by atoms with Crippen LogP contribution in [0.1, 0.15) is 18.9 Å². The molecule has 1 aromatic carbocycles. The first-order chi connectivity index (χ1) is 11.6. The number of carbonyl (C=O) groups is 1. The van der Waals surface area contributed by atoms with E-state index in [4.69, 9.17) is 10.5 Å². The van der Waals surface area contributed by atoms with Gasteiger partial charge in [0.25, 0.3) is 0 Å². The Morgan fingerprint density at radius 2 is 2.12 bits per heavy atom. The van der Waals surface area contributed by atoms with Crippen molar-refractivity contribution in [1.82, 2.24) is 9.97 Å². The molecular formula is C18H18N4O2. The van der Waals surface area contributed by atoms with Crippen LogP contribution in [0.2, 0.25) is 0 Å². The first-order valence-corrected chi connectivity index (χ1v) is 7.66. The van der Waals surface area contributed by atoms with E-state index in [2.05, 4.69) is 15.3 Å². The molecule has 0 aliphatic heterocycles. The van der Waals surface area contributed by atoms with E-state index in [1.807, 2.05) is 19.1 Å². The third-order valence-corrected chi connectivity index (χ3v) is 3.55. The molecule has 2 heterocycles. The van der Waals surface area contributed by atoms with Crippen molar-refractivity contribution in [3.63, 3.8) is 0 Å². The number of aryl methyl sites for hydroxylation is 1. The van der Waals surface area contributed by atoms with Crippen LogP contribution < -0.4 is 15.8 Å². The molecule has 0 fully saturated rings. The van der Waals surface area contributed by atoms with Gasteiger partial charge in [0, 0.05) is 24.2 Å². The number of ether oxygens (including phenoxy) is 1. The summed E-state index contributed by atoms with van der Waals surface area (Å²) in [6.45, 7) is 3.71. The highest BCUT2D eigenvalue weighted by atomic mass is 16.5. The van der Waals surface area contributed by atoms with Crippen LogP contribution in [0, 0.1) is 6.92 Å². The lowest BCUT2D eigenvalue weighted by Gasteiger charge is -2.13. The van der Waals surface area contributed by atoms with Crippen LogP contribution in [0.15, 0.2) is 42.7 Å². The number of amides is 1. The van der Waals surface area contributed by atoms with Crippen LogP contribution in [0.4, 0.5) is 11.4 Å². The zero-order chi connectivity index (χ0) is 17.1. The molecule has 0 atom stereocenters. The summed E-state index contributed by atoms with van der Waals surface area (Å²) in [6.07, 6.45) is 3.77. The molecule has 0 aliphatic carbocycles. The predicted molar refractivity (Wildman–Crippen MR) is 94.1 cm³/mol. The van der Waals surface area contributed by atoms with E-state index < -0.39 is 0 Å². The smallest absolute Gasteiger partial charge is 0.242 e. The lowest BCUT2D eigenvalue weighted by molar-refractivity contribution is -0.115. The quantitative estimate of drug-likeness (QED) is 0.765. The Morgan fingerprint density at radius 3 is 2.88 bits per heavy atom. The third-order valence-electron chi connectivity index (χ3n) is 3.55. The molecule has 122 valence electrons. The van der Waals surface area contributed by atoms with Crippen LogP contribution in [-0.4, -0.2) is 15.9 Å². The topological polar surface area (TPSA) is 90.1 Å². The Labute approximate surface area is 139 Å². The molecule has 6 nitrogen and oxygen atoms in total. The second-order valence-electron chi connectivity index (χ2n) is 5.42. The van der Waals surface area contributed by atoms with Crippen molar-refractivity contribution in [2.45, 2.75) is 20.3 Å². The summed E-state index contributed by atoms with van der Waals surface area (Å²) >= 11 is 0. The SMILES string of the molecule is CCC(=O)Nc1ccc(Oc2ncc(C)cc2N)c2cccnc12. The molecule has 6 heteroatoms. The lowest BCUT2D eigenvalue weighted by atomic mass is 10.1. The van der Waals surface area contributed by atoms with Crippen LogP contribution in [-0.2, 0) is 4.79 Å². The zero-order valence-electron chi connectivity index (χ0n) is 13.5. The highest BCUT2D eigenvalue weighted by Crippen LogP contribution is 2.34. The summed E-state index contributed by atoms with van der Waals surface area (Å²) < 4.78 is 5.87. The minimum absolute atomic E-state index is 0.0694. The third kappa shape index (κ3) is 3.12. The zero-order valence-corrected chi connectivity index (χ0v) is 13.5. The number of nitrogens with zero attached hydrogens (tertiary/aromatic N) is 2. The van der Waals surface area contributed by atoms with Crippen LogP contribution >= 0.6 is 0 Å². The average molecular weight is 322 g/mol. The van der Waals surface area contributed by atoms with Gasteiger partial charge in [-0.1, -0.05) is 6.92 Å². The fourth-order valence-corrected chi connectivity index (χ4v) is 2.34. The Hall–Kier alpha value is -3.15. The summed E-state index contributed by atoms with van der Waals surface area (Å²) in [7, 11) is 0. The first kappa shape index (κ1) is 15.7. The Morgan fingerprint density at radius 1 is 1.29 bits per heavy atom. The van der Waals surface area contributed by atoms with Gasteiger partial charge in [-0.15, -0.1) is 0 Å². The van der Waals surface area contributed by atoms with E-state index in [1.54, 1.807) is 37.5 Å². The number of carbonyl (C=O) groups excluding carboxylic acids is 1. The summed E-state index contributed by atoms with van der Waals surface area (Å²) in [5.74, 6) is 0.854. The molecule has 0 aliphatic rings. The normalized spacial score (nSPS) is 10.6. The molecule has 24 heavy (non-hydrogen) atoms. The molecule has 0 radical (unpaired) electrons. The summed E-state index contributed by atoms with van der Waals surface area (Å²) in [6, 6.07) is 9.04. The fourth-order valence-electron chi connectivity index (χ4n) is 2.34. The van der Waals surface area contributed by atoms with Gasteiger partial charge in [0.05, 0.1) is 16.9 Å². The summed E-state index contributed by atoms with van der Waals surface area (Å²) in [5, 5.41) is 3.62. The minimum atomic E-state index is -0.0694. The van der Waals surface area contributed by atoms with Crippen molar-refractivity contribution in [3.05, 3.63) is 48.3 Å². The maximum atomic E-state index is 11.7. The van der Waals surface area contributed by atoms with E-state index in [1.165, 1.54) is 0 Å². The molecule has 3 rings (SSSR count). The highest BCUT2D eigenvalue weighted by molar-refractivity contribution is 6.02. The average Bonchev–Trinajstić information content (AvgIpc) is 2.59. The van der Waals surface area contributed by atoms with Crippen LogP contribution in [0.3, 0.4) is 0 Å². The Balaban J connectivity index is 2.03. The van der Waals surface area contributed by atoms with E-state index >= 15 is 0 Å². The monoisotopic (exact) mass is 322 g/mol. The number of benzene rings is 1. The Bertz CT molecular complexity index is 909. The van der Waals surface area contributed by atoms with Gasteiger partial charge in [0.15, 0.2) is 0 Å². The van der Waals surface area contributed by atoms with E-state index in [0.717, 1.165) is 10.9 Å². The van der Waals surface area contributed by atoms with Crippen LogP contribution in [0.25, 0.3) is 10.9 Å². The highest BCUT2D eigenvalue weighted by Gasteiger charge is 2.12. The fraction of sp³-hybridized carbons (Fsp3) is 0.167.